The molecule has 1 aliphatic heterocycles. The van der Waals surface area contributed by atoms with Crippen LogP contribution in [0.5, 0.6) is 0 Å². The second-order valence-electron chi connectivity index (χ2n) is 5.89. The molecule has 1 heterocycles. The molecule has 24 heavy (non-hydrogen) atoms. The Morgan fingerprint density at radius 3 is 2.17 bits per heavy atom. The van der Waals surface area contributed by atoms with Gasteiger partial charge in [0.2, 0.25) is 0 Å². The zero-order valence-electron chi connectivity index (χ0n) is 12.4. The van der Waals surface area contributed by atoms with E-state index in [4.69, 9.17) is 34.8 Å². The van der Waals surface area contributed by atoms with Gasteiger partial charge in [-0.15, -0.1) is 0 Å². The van der Waals surface area contributed by atoms with Crippen molar-refractivity contribution in [1.82, 2.24) is 0 Å². The molecule has 1 unspecified atom stereocenters. The number of nitrogens with zero attached hydrogens (tertiary/aromatic N) is 1. The van der Waals surface area contributed by atoms with Gasteiger partial charge in [-0.1, -0.05) is 40.9 Å². The van der Waals surface area contributed by atoms with E-state index in [0.717, 1.165) is 0 Å². The number of rotatable bonds is 2. The lowest BCUT2D eigenvalue weighted by Gasteiger charge is -2.33. The summed E-state index contributed by atoms with van der Waals surface area (Å²) >= 11 is 17.8. The molecule has 7 heteroatoms. The number of benzene rings is 2. The highest BCUT2D eigenvalue weighted by atomic mass is 35.5. The van der Waals surface area contributed by atoms with Gasteiger partial charge in [0, 0.05) is 33.8 Å². The van der Waals surface area contributed by atoms with E-state index in [9.17, 15) is 13.2 Å². The van der Waals surface area contributed by atoms with Crippen LogP contribution < -0.4 is 4.90 Å². The maximum Gasteiger partial charge on any atom is 0.400 e. The van der Waals surface area contributed by atoms with Crippen molar-refractivity contribution in [1.29, 1.82) is 0 Å². The molecule has 0 aliphatic carbocycles. The van der Waals surface area contributed by atoms with Crippen LogP contribution in [-0.4, -0.2) is 19.3 Å². The lowest BCUT2D eigenvalue weighted by atomic mass is 9.79. The molecule has 0 bridgehead atoms. The number of hydrogen-bond acceptors (Lipinski definition) is 1. The van der Waals surface area contributed by atoms with E-state index in [1.807, 2.05) is 0 Å². The molecule has 128 valence electrons. The summed E-state index contributed by atoms with van der Waals surface area (Å²) in [6, 6.07) is 11.0. The average Bonchev–Trinajstić information content (AvgIpc) is 2.92. The summed E-state index contributed by atoms with van der Waals surface area (Å²) in [5.41, 5.74) is -1.25. The predicted octanol–water partition coefficient (Wildman–Crippen LogP) is 6.36. The summed E-state index contributed by atoms with van der Waals surface area (Å²) in [4.78, 5) is 1.69. The third-order valence-corrected chi connectivity index (χ3v) is 5.07. The van der Waals surface area contributed by atoms with Gasteiger partial charge in [-0.05, 0) is 48.4 Å². The van der Waals surface area contributed by atoms with Crippen molar-refractivity contribution in [2.75, 3.05) is 18.0 Å². The molecule has 0 spiro atoms. The Morgan fingerprint density at radius 1 is 0.917 bits per heavy atom. The molecular weight excluding hydrogens is 382 g/mol. The van der Waals surface area contributed by atoms with Crippen LogP contribution in [-0.2, 0) is 5.41 Å². The smallest absolute Gasteiger partial charge is 0.370 e. The Bertz CT molecular complexity index is 743. The van der Waals surface area contributed by atoms with Crippen molar-refractivity contribution in [3.05, 3.63) is 63.1 Å². The van der Waals surface area contributed by atoms with Crippen LogP contribution in [0.2, 0.25) is 15.1 Å². The molecule has 1 aliphatic rings. The summed E-state index contributed by atoms with van der Waals surface area (Å²) in [7, 11) is 0. The van der Waals surface area contributed by atoms with Crippen LogP contribution in [0.25, 0.3) is 0 Å². The molecule has 0 N–H and O–H groups in total. The summed E-state index contributed by atoms with van der Waals surface area (Å²) in [6.07, 6.45) is -4.49. The molecule has 1 fully saturated rings. The van der Waals surface area contributed by atoms with E-state index in [-0.39, 0.29) is 35.1 Å². The Hall–Kier alpha value is -1.10. The first kappa shape index (κ1) is 17.7. The second kappa shape index (κ2) is 6.32. The minimum atomic E-state index is -4.42. The van der Waals surface area contributed by atoms with Crippen LogP contribution in [0.1, 0.15) is 12.0 Å². The highest BCUT2D eigenvalue weighted by molar-refractivity contribution is 6.34. The molecule has 3 rings (SSSR count). The van der Waals surface area contributed by atoms with Gasteiger partial charge in [0.15, 0.2) is 0 Å². The van der Waals surface area contributed by atoms with Gasteiger partial charge < -0.3 is 4.90 Å². The molecule has 1 nitrogen and oxygen atoms in total. The van der Waals surface area contributed by atoms with Crippen LogP contribution in [0.15, 0.2) is 42.5 Å². The normalized spacial score (nSPS) is 21.3. The van der Waals surface area contributed by atoms with Gasteiger partial charge >= 0.3 is 6.18 Å². The maximum absolute atomic E-state index is 14.0. The van der Waals surface area contributed by atoms with E-state index in [0.29, 0.717) is 10.7 Å². The van der Waals surface area contributed by atoms with E-state index in [1.165, 1.54) is 18.2 Å². The van der Waals surface area contributed by atoms with Gasteiger partial charge in [-0.3, -0.25) is 0 Å². The zero-order chi connectivity index (χ0) is 17.5. The first-order chi connectivity index (χ1) is 11.2. The summed E-state index contributed by atoms with van der Waals surface area (Å²) in [6.45, 7) is 0.0670. The molecule has 2 aromatic rings. The monoisotopic (exact) mass is 393 g/mol. The zero-order valence-corrected chi connectivity index (χ0v) is 14.6. The van der Waals surface area contributed by atoms with Crippen molar-refractivity contribution in [3.8, 4) is 0 Å². The standard InChI is InChI=1S/C17H13Cl3F3N/c18-12-2-1-3-15(9-12)24-5-4-16(10-24,17(21,22)23)11-6-13(19)8-14(20)7-11/h1-3,6-9H,4-5,10H2. The van der Waals surface area contributed by atoms with Crippen molar-refractivity contribution in [2.45, 2.75) is 18.0 Å². The highest BCUT2D eigenvalue weighted by Gasteiger charge is 2.59. The molecule has 1 saturated heterocycles. The average molecular weight is 395 g/mol. The largest absolute Gasteiger partial charge is 0.400 e. The van der Waals surface area contributed by atoms with E-state index >= 15 is 0 Å². The van der Waals surface area contributed by atoms with Crippen LogP contribution in [0.3, 0.4) is 0 Å². The Balaban J connectivity index is 2.03. The molecule has 2 aromatic carbocycles. The van der Waals surface area contributed by atoms with Crippen LogP contribution >= 0.6 is 34.8 Å². The summed E-state index contributed by atoms with van der Waals surface area (Å²) in [5, 5.41) is 0.882. The quantitative estimate of drug-likeness (QED) is 0.573. The first-order valence-corrected chi connectivity index (χ1v) is 8.38. The second-order valence-corrected chi connectivity index (χ2v) is 7.20. The molecular formula is C17H13Cl3F3N. The van der Waals surface area contributed by atoms with E-state index < -0.39 is 11.6 Å². The van der Waals surface area contributed by atoms with E-state index in [2.05, 4.69) is 0 Å². The number of alkyl halides is 3. The third kappa shape index (κ3) is 3.19. The van der Waals surface area contributed by atoms with E-state index in [1.54, 1.807) is 29.2 Å². The first-order valence-electron chi connectivity index (χ1n) is 7.25. The lowest BCUT2D eigenvalue weighted by molar-refractivity contribution is -0.184. The van der Waals surface area contributed by atoms with Gasteiger partial charge in [0.1, 0.15) is 5.41 Å². The third-order valence-electron chi connectivity index (χ3n) is 4.40. The predicted molar refractivity (Wildman–Crippen MR) is 92.5 cm³/mol. The minimum Gasteiger partial charge on any atom is -0.370 e. The lowest BCUT2D eigenvalue weighted by Crippen LogP contribution is -2.44. The van der Waals surface area contributed by atoms with Crippen molar-refractivity contribution in [2.24, 2.45) is 0 Å². The molecule has 0 saturated carbocycles. The Kier molecular flexibility index (Phi) is 4.67. The Morgan fingerprint density at radius 2 is 1.58 bits per heavy atom. The van der Waals surface area contributed by atoms with Crippen LogP contribution in [0.4, 0.5) is 18.9 Å². The summed E-state index contributed by atoms with van der Waals surface area (Å²) in [5.74, 6) is 0. The number of anilines is 1. The molecule has 0 radical (unpaired) electrons. The van der Waals surface area contributed by atoms with Gasteiger partial charge in [0.05, 0.1) is 0 Å². The summed E-state index contributed by atoms with van der Waals surface area (Å²) < 4.78 is 42.0. The topological polar surface area (TPSA) is 3.24 Å². The van der Waals surface area contributed by atoms with Crippen molar-refractivity contribution in [3.63, 3.8) is 0 Å². The Labute approximate surface area is 152 Å². The van der Waals surface area contributed by atoms with Gasteiger partial charge in [-0.2, -0.15) is 13.2 Å². The number of halogens is 6. The minimum absolute atomic E-state index is 0.0698. The van der Waals surface area contributed by atoms with Gasteiger partial charge in [0.25, 0.3) is 0 Å². The SMILES string of the molecule is FC(F)(F)C1(c2cc(Cl)cc(Cl)c2)CCN(c2cccc(Cl)c2)C1. The van der Waals surface area contributed by atoms with Crippen LogP contribution in [0, 0.1) is 0 Å². The fraction of sp³-hybridized carbons (Fsp3) is 0.294. The molecule has 0 amide bonds. The van der Waals surface area contributed by atoms with Crippen molar-refractivity contribution >= 4 is 40.5 Å². The van der Waals surface area contributed by atoms with Gasteiger partial charge in [-0.25, -0.2) is 0 Å². The highest BCUT2D eigenvalue weighted by Crippen LogP contribution is 2.49. The van der Waals surface area contributed by atoms with Crippen molar-refractivity contribution < 1.29 is 13.2 Å². The fourth-order valence-electron chi connectivity index (χ4n) is 3.16. The molecule has 1 atom stereocenters. The molecule has 0 aromatic heterocycles. The maximum atomic E-state index is 14.0. The fourth-order valence-corrected chi connectivity index (χ4v) is 3.87. The number of hydrogen-bond donors (Lipinski definition) is 0.